The van der Waals surface area contributed by atoms with E-state index in [2.05, 4.69) is 30.6 Å². The van der Waals surface area contributed by atoms with E-state index in [1.807, 2.05) is 7.05 Å². The highest BCUT2D eigenvalue weighted by Gasteiger charge is 2.45. The molecule has 2 amide bonds. The van der Waals surface area contributed by atoms with Crippen molar-refractivity contribution in [2.24, 2.45) is 0 Å². The van der Waals surface area contributed by atoms with Crippen LogP contribution in [0.5, 0.6) is 5.75 Å². The number of carbonyl (C=O) groups excluding carboxylic acids is 2. The predicted molar refractivity (Wildman–Crippen MR) is 141 cm³/mol. The number of carbonyl (C=O) groups is 2. The number of rotatable bonds is 4. The molecule has 0 bridgehead atoms. The Kier molecular flexibility index (Phi) is 6.62. The van der Waals surface area contributed by atoms with E-state index in [1.165, 1.54) is 12.1 Å². The van der Waals surface area contributed by atoms with Gasteiger partial charge in [-0.25, -0.2) is 9.37 Å². The van der Waals surface area contributed by atoms with Gasteiger partial charge in [-0.15, -0.1) is 0 Å². The smallest absolute Gasteiger partial charge is 0.261 e. The molecule has 1 aromatic heterocycles. The molecule has 196 valence electrons. The average molecular weight is 528 g/mol. The van der Waals surface area contributed by atoms with Gasteiger partial charge in [0, 0.05) is 43.3 Å². The molecule has 2 fully saturated rings. The zero-order valence-corrected chi connectivity index (χ0v) is 22.0. The van der Waals surface area contributed by atoms with Gasteiger partial charge in [-0.2, -0.15) is 0 Å². The van der Waals surface area contributed by atoms with E-state index in [0.29, 0.717) is 32.0 Å². The minimum atomic E-state index is -0.465. The van der Waals surface area contributed by atoms with Crippen molar-refractivity contribution in [3.63, 3.8) is 0 Å². The van der Waals surface area contributed by atoms with Gasteiger partial charge in [-0.1, -0.05) is 30.3 Å². The molecule has 0 spiro atoms. The zero-order chi connectivity index (χ0) is 26.5. The van der Waals surface area contributed by atoms with Crippen LogP contribution in [0, 0.1) is 5.82 Å². The number of pyridine rings is 1. The fourth-order valence-corrected chi connectivity index (χ4v) is 5.91. The third kappa shape index (κ3) is 4.34. The van der Waals surface area contributed by atoms with E-state index < -0.39 is 5.82 Å². The number of hydrogen-bond donors (Lipinski definition) is 1. The van der Waals surface area contributed by atoms with Crippen LogP contribution in [-0.4, -0.2) is 84.1 Å². The average Bonchev–Trinajstić information content (AvgIpc) is 3.12. The lowest BCUT2D eigenvalue weighted by Gasteiger charge is -2.40. The summed E-state index contributed by atoms with van der Waals surface area (Å²) in [5, 5.41) is 3.42. The van der Waals surface area contributed by atoms with Crippen molar-refractivity contribution in [3.05, 3.63) is 53.3 Å². The zero-order valence-electron chi connectivity index (χ0n) is 21.3. The number of benzene rings is 1. The highest BCUT2D eigenvalue weighted by molar-refractivity contribution is 6.35. The van der Waals surface area contributed by atoms with Crippen molar-refractivity contribution in [2.75, 3.05) is 44.7 Å². The molecule has 10 heteroatoms. The number of halogens is 2. The molecule has 1 aromatic carbocycles. The number of aromatic nitrogens is 1. The molecule has 3 aliphatic rings. The summed E-state index contributed by atoms with van der Waals surface area (Å²) in [6.45, 7) is 9.58. The molecule has 4 heterocycles. The third-order valence-corrected chi connectivity index (χ3v) is 7.96. The van der Waals surface area contributed by atoms with E-state index in [9.17, 15) is 14.0 Å². The van der Waals surface area contributed by atoms with Crippen LogP contribution in [0.1, 0.15) is 30.6 Å². The molecule has 3 aliphatic heterocycles. The van der Waals surface area contributed by atoms with Crippen LogP contribution in [0.15, 0.2) is 36.9 Å². The lowest BCUT2D eigenvalue weighted by Crippen LogP contribution is -2.57. The number of likely N-dealkylation sites (N-methyl/N-ethyl adjacent to an activating group) is 1. The second kappa shape index (κ2) is 9.61. The Bertz CT molecular complexity index is 1270. The first-order valence-corrected chi connectivity index (χ1v) is 12.8. The van der Waals surface area contributed by atoms with Crippen molar-refractivity contribution in [3.8, 4) is 17.0 Å². The van der Waals surface area contributed by atoms with Gasteiger partial charge in [0.1, 0.15) is 28.8 Å². The summed E-state index contributed by atoms with van der Waals surface area (Å²) in [4.78, 5) is 36.7. The predicted octanol–water partition coefficient (Wildman–Crippen LogP) is 3.35. The number of ether oxygens (including phenoxy) is 1. The summed E-state index contributed by atoms with van der Waals surface area (Å²) in [5.74, 6) is -0.276. The second-order valence-corrected chi connectivity index (χ2v) is 10.7. The largest absolute Gasteiger partial charge is 0.489 e. The number of amides is 2. The van der Waals surface area contributed by atoms with Crippen LogP contribution in [0.25, 0.3) is 11.3 Å². The van der Waals surface area contributed by atoms with Crippen molar-refractivity contribution >= 4 is 29.2 Å². The van der Waals surface area contributed by atoms with Gasteiger partial charge in [0.05, 0.1) is 11.7 Å². The summed E-state index contributed by atoms with van der Waals surface area (Å²) < 4.78 is 21.2. The molecular formula is C27H31ClFN5O3. The normalized spacial score (nSPS) is 22.7. The maximum absolute atomic E-state index is 14.9. The number of nitrogens with one attached hydrogen (secondary N) is 1. The molecule has 8 nitrogen and oxygen atoms in total. The SMILES string of the molecule is C=CC(=O)N1CCN2C(=O)c3c(N4C[C@H](NC)CC4(C)C)nc(-c4ccccc4F)c(Cl)c3OC[C@H]2C1. The maximum atomic E-state index is 14.9. The molecule has 37 heavy (non-hydrogen) atoms. The number of hydrogen-bond acceptors (Lipinski definition) is 6. The van der Waals surface area contributed by atoms with Gasteiger partial charge in [0.25, 0.3) is 5.91 Å². The standard InChI is InChI=1S/C27H31ClFN5O3/c1-5-20(35)32-10-11-33-17(14-32)15-37-24-21(26(33)36)25(34-13-16(30-4)12-27(34,2)3)31-23(22(24)28)18-8-6-7-9-19(18)29/h5-9,16-17,30H,1,10-15H2,2-4H3/t16-,17-/m1/s1. The van der Waals surface area contributed by atoms with Gasteiger partial charge < -0.3 is 24.8 Å². The van der Waals surface area contributed by atoms with E-state index in [1.54, 1.807) is 28.0 Å². The molecule has 0 radical (unpaired) electrons. The molecule has 0 saturated carbocycles. The van der Waals surface area contributed by atoms with Crippen molar-refractivity contribution in [2.45, 2.75) is 37.9 Å². The summed E-state index contributed by atoms with van der Waals surface area (Å²) in [6.07, 6.45) is 2.11. The molecule has 0 unspecified atom stereocenters. The Morgan fingerprint density at radius 2 is 2.05 bits per heavy atom. The van der Waals surface area contributed by atoms with Crippen LogP contribution in [-0.2, 0) is 4.79 Å². The van der Waals surface area contributed by atoms with Crippen molar-refractivity contribution in [1.29, 1.82) is 0 Å². The van der Waals surface area contributed by atoms with Crippen LogP contribution >= 0.6 is 11.6 Å². The Labute approximate surface area is 221 Å². The van der Waals surface area contributed by atoms with E-state index >= 15 is 0 Å². The first kappa shape index (κ1) is 25.5. The summed E-state index contributed by atoms with van der Waals surface area (Å²) in [5.41, 5.74) is 0.407. The van der Waals surface area contributed by atoms with Crippen molar-refractivity contribution < 1.29 is 18.7 Å². The lowest BCUT2D eigenvalue weighted by molar-refractivity contribution is -0.128. The summed E-state index contributed by atoms with van der Waals surface area (Å²) >= 11 is 6.84. The molecule has 5 rings (SSSR count). The Balaban J connectivity index is 1.67. The highest BCUT2D eigenvalue weighted by Crippen LogP contribution is 2.46. The number of anilines is 1. The van der Waals surface area contributed by atoms with Gasteiger partial charge in [-0.3, -0.25) is 9.59 Å². The van der Waals surface area contributed by atoms with Gasteiger partial charge in [0.2, 0.25) is 5.91 Å². The van der Waals surface area contributed by atoms with E-state index in [0.717, 1.165) is 6.42 Å². The quantitative estimate of drug-likeness (QED) is 0.614. The molecule has 1 N–H and O–H groups in total. The van der Waals surface area contributed by atoms with Gasteiger partial charge >= 0.3 is 0 Å². The van der Waals surface area contributed by atoms with Gasteiger partial charge in [-0.05, 0) is 45.5 Å². The first-order valence-electron chi connectivity index (χ1n) is 12.4. The topological polar surface area (TPSA) is 78.0 Å². The third-order valence-electron chi connectivity index (χ3n) is 7.61. The van der Waals surface area contributed by atoms with Crippen LogP contribution in [0.2, 0.25) is 5.02 Å². The van der Waals surface area contributed by atoms with Gasteiger partial charge in [0.15, 0.2) is 5.75 Å². The summed E-state index contributed by atoms with van der Waals surface area (Å²) in [7, 11) is 1.91. The second-order valence-electron chi connectivity index (χ2n) is 10.3. The monoisotopic (exact) mass is 527 g/mol. The van der Waals surface area contributed by atoms with Crippen LogP contribution in [0.3, 0.4) is 0 Å². The fraction of sp³-hybridized carbons (Fsp3) is 0.444. The number of fused-ring (bicyclic) bond motifs is 2. The van der Waals surface area contributed by atoms with Crippen LogP contribution in [0.4, 0.5) is 10.2 Å². The first-order chi connectivity index (χ1) is 17.7. The minimum Gasteiger partial charge on any atom is -0.489 e. The number of nitrogens with zero attached hydrogens (tertiary/aromatic N) is 4. The molecule has 2 aromatic rings. The Hall–Kier alpha value is -3.17. The lowest BCUT2D eigenvalue weighted by atomic mass is 9.99. The van der Waals surface area contributed by atoms with E-state index in [4.69, 9.17) is 21.3 Å². The number of piperazine rings is 1. The molecule has 2 saturated heterocycles. The minimum absolute atomic E-state index is 0.0956. The maximum Gasteiger partial charge on any atom is 0.261 e. The van der Waals surface area contributed by atoms with E-state index in [-0.39, 0.29) is 63.6 Å². The molecule has 0 aliphatic carbocycles. The molecular weight excluding hydrogens is 497 g/mol. The van der Waals surface area contributed by atoms with Crippen molar-refractivity contribution in [1.82, 2.24) is 20.1 Å². The molecule has 2 atom stereocenters. The fourth-order valence-electron chi connectivity index (χ4n) is 5.61. The Morgan fingerprint density at radius 3 is 2.73 bits per heavy atom. The van der Waals surface area contributed by atoms with Crippen LogP contribution < -0.4 is 15.0 Å². The Morgan fingerprint density at radius 1 is 1.30 bits per heavy atom. The summed E-state index contributed by atoms with van der Waals surface area (Å²) in [6, 6.07) is 6.11. The highest BCUT2D eigenvalue weighted by atomic mass is 35.5.